The van der Waals surface area contributed by atoms with E-state index in [1.54, 1.807) is 0 Å². The smallest absolute Gasteiger partial charge is 0.0835 e. The molecule has 1 unspecified atom stereocenters. The molecule has 1 aromatic carbocycles. The van der Waals surface area contributed by atoms with E-state index in [1.165, 1.54) is 28.7 Å². The summed E-state index contributed by atoms with van der Waals surface area (Å²) in [5, 5.41) is 13.8. The van der Waals surface area contributed by atoms with Gasteiger partial charge in [0.1, 0.15) is 0 Å². The maximum absolute atomic E-state index is 7.16. The average Bonchev–Trinajstić information content (AvgIpc) is 2.72. The summed E-state index contributed by atoms with van der Waals surface area (Å²) in [6.07, 6.45) is 8.64. The Kier molecular flexibility index (Phi) is 5.80. The highest BCUT2D eigenvalue weighted by Crippen LogP contribution is 2.25. The second-order valence-corrected chi connectivity index (χ2v) is 6.38. The third kappa shape index (κ3) is 4.25. The molecule has 3 nitrogen and oxygen atoms in total. The van der Waals surface area contributed by atoms with Gasteiger partial charge in [-0.05, 0) is 56.0 Å². The predicted molar refractivity (Wildman–Crippen MR) is 104 cm³/mol. The van der Waals surface area contributed by atoms with Crippen molar-refractivity contribution >= 4 is 12.0 Å². The van der Waals surface area contributed by atoms with Crippen molar-refractivity contribution in [3.05, 3.63) is 76.5 Å². The van der Waals surface area contributed by atoms with Gasteiger partial charge in [0.2, 0.25) is 0 Å². The quantitative estimate of drug-likeness (QED) is 0.485. The van der Waals surface area contributed by atoms with E-state index in [0.29, 0.717) is 0 Å². The number of rotatable bonds is 6. The van der Waals surface area contributed by atoms with E-state index >= 15 is 0 Å². The number of nitrogens with one attached hydrogen (secondary N) is 3. The van der Waals surface area contributed by atoms with E-state index in [1.807, 2.05) is 13.0 Å². The van der Waals surface area contributed by atoms with Crippen molar-refractivity contribution in [2.45, 2.75) is 40.2 Å². The molecule has 0 aliphatic heterocycles. The van der Waals surface area contributed by atoms with Gasteiger partial charge in [0.25, 0.3) is 0 Å². The summed E-state index contributed by atoms with van der Waals surface area (Å²) in [6, 6.07) is 6.52. The van der Waals surface area contributed by atoms with E-state index in [9.17, 15) is 0 Å². The number of hydrogen-bond donors (Lipinski definition) is 3. The second kappa shape index (κ2) is 7.82. The Bertz CT molecular complexity index is 735. The van der Waals surface area contributed by atoms with E-state index in [0.717, 1.165) is 23.2 Å². The molecule has 0 fully saturated rings. The summed E-state index contributed by atoms with van der Waals surface area (Å²) >= 11 is 0. The molecular weight excluding hydrogens is 294 g/mol. The van der Waals surface area contributed by atoms with Gasteiger partial charge in [-0.25, -0.2) is 0 Å². The average molecular weight is 321 g/mol. The Morgan fingerprint density at radius 2 is 2.08 bits per heavy atom. The van der Waals surface area contributed by atoms with E-state index in [2.05, 4.69) is 68.3 Å². The molecule has 0 bridgehead atoms. The fraction of sp³-hybridized carbons (Fsp3) is 0.286. The van der Waals surface area contributed by atoms with E-state index in [4.69, 9.17) is 5.41 Å². The highest BCUT2D eigenvalue weighted by atomic mass is 14.9. The first-order valence-corrected chi connectivity index (χ1v) is 8.28. The van der Waals surface area contributed by atoms with Crippen LogP contribution in [0.2, 0.25) is 0 Å². The lowest BCUT2D eigenvalue weighted by Crippen LogP contribution is -2.19. The standard InChI is InChI=1S/C21H27N3/c1-14(2)18-7-6-8-21(16(4)11-18)24-17(5)19-9-10-20(23-13-22)15(3)12-19/h6-7,9-13,17,24H,1,8H2,2-5H3,(H2,22,23). The van der Waals surface area contributed by atoms with Crippen LogP contribution in [0.4, 0.5) is 5.69 Å². The Hall–Kier alpha value is -2.55. The number of aryl methyl sites for hydroxylation is 1. The second-order valence-electron chi connectivity index (χ2n) is 6.38. The summed E-state index contributed by atoms with van der Waals surface area (Å²) in [4.78, 5) is 0. The zero-order valence-corrected chi connectivity index (χ0v) is 15.0. The monoisotopic (exact) mass is 321 g/mol. The highest BCUT2D eigenvalue weighted by Gasteiger charge is 2.11. The number of anilines is 1. The van der Waals surface area contributed by atoms with Crippen LogP contribution in [0.5, 0.6) is 0 Å². The van der Waals surface area contributed by atoms with Gasteiger partial charge >= 0.3 is 0 Å². The van der Waals surface area contributed by atoms with Gasteiger partial charge in [-0.3, -0.25) is 5.41 Å². The van der Waals surface area contributed by atoms with Gasteiger partial charge in [0.05, 0.1) is 6.34 Å². The van der Waals surface area contributed by atoms with Crippen molar-refractivity contribution in [3.63, 3.8) is 0 Å². The maximum atomic E-state index is 7.16. The minimum atomic E-state index is 0.218. The molecule has 1 atom stereocenters. The summed E-state index contributed by atoms with van der Waals surface area (Å²) in [5.74, 6) is 0. The lowest BCUT2D eigenvalue weighted by Gasteiger charge is -2.20. The lowest BCUT2D eigenvalue weighted by atomic mass is 10.0. The molecule has 2 rings (SSSR count). The normalized spacial score (nSPS) is 15.4. The molecule has 0 heterocycles. The summed E-state index contributed by atoms with van der Waals surface area (Å²) in [7, 11) is 0. The Labute approximate surface area is 145 Å². The maximum Gasteiger partial charge on any atom is 0.0835 e. The van der Waals surface area contributed by atoms with Crippen LogP contribution in [0.15, 0.2) is 65.4 Å². The van der Waals surface area contributed by atoms with Crippen molar-refractivity contribution in [3.8, 4) is 0 Å². The Balaban J connectivity index is 2.20. The predicted octanol–water partition coefficient (Wildman–Crippen LogP) is 5.40. The molecule has 1 aliphatic carbocycles. The number of hydrogen-bond acceptors (Lipinski definition) is 2. The third-order valence-electron chi connectivity index (χ3n) is 4.33. The molecule has 1 aliphatic rings. The fourth-order valence-electron chi connectivity index (χ4n) is 2.81. The number of benzene rings is 1. The van der Waals surface area contributed by atoms with Crippen LogP contribution in [-0.4, -0.2) is 6.34 Å². The van der Waals surface area contributed by atoms with Crippen molar-refractivity contribution in [2.24, 2.45) is 0 Å². The van der Waals surface area contributed by atoms with Crippen LogP contribution in [0.3, 0.4) is 0 Å². The topological polar surface area (TPSA) is 47.9 Å². The Morgan fingerprint density at radius 3 is 2.71 bits per heavy atom. The fourth-order valence-corrected chi connectivity index (χ4v) is 2.81. The van der Waals surface area contributed by atoms with Crippen LogP contribution < -0.4 is 10.6 Å². The van der Waals surface area contributed by atoms with Crippen molar-refractivity contribution in [1.82, 2.24) is 5.32 Å². The van der Waals surface area contributed by atoms with Gasteiger partial charge in [0.15, 0.2) is 0 Å². The first-order valence-electron chi connectivity index (χ1n) is 8.28. The van der Waals surface area contributed by atoms with Crippen molar-refractivity contribution < 1.29 is 0 Å². The molecule has 0 aromatic heterocycles. The molecule has 0 spiro atoms. The molecule has 3 heteroatoms. The van der Waals surface area contributed by atoms with E-state index in [-0.39, 0.29) is 6.04 Å². The molecular formula is C21H27N3. The molecule has 0 amide bonds. The molecule has 126 valence electrons. The molecule has 24 heavy (non-hydrogen) atoms. The molecule has 3 N–H and O–H groups in total. The number of allylic oxidation sites excluding steroid dienone is 6. The van der Waals surface area contributed by atoms with Gasteiger partial charge in [-0.1, -0.05) is 42.5 Å². The largest absolute Gasteiger partial charge is 0.381 e. The van der Waals surface area contributed by atoms with Crippen LogP contribution in [0.1, 0.15) is 44.4 Å². The van der Waals surface area contributed by atoms with Gasteiger partial charge < -0.3 is 10.6 Å². The minimum Gasteiger partial charge on any atom is -0.381 e. The highest BCUT2D eigenvalue weighted by molar-refractivity contribution is 5.75. The first kappa shape index (κ1) is 17.8. The summed E-state index contributed by atoms with van der Waals surface area (Å²) < 4.78 is 0. The summed E-state index contributed by atoms with van der Waals surface area (Å²) in [6.45, 7) is 12.5. The lowest BCUT2D eigenvalue weighted by molar-refractivity contribution is 0.638. The molecule has 0 saturated carbocycles. The van der Waals surface area contributed by atoms with Crippen molar-refractivity contribution in [1.29, 1.82) is 5.41 Å². The van der Waals surface area contributed by atoms with Crippen LogP contribution in [0, 0.1) is 12.3 Å². The zero-order valence-electron chi connectivity index (χ0n) is 15.0. The third-order valence-corrected chi connectivity index (χ3v) is 4.33. The molecule has 0 saturated heterocycles. The minimum absolute atomic E-state index is 0.218. The summed E-state index contributed by atoms with van der Waals surface area (Å²) in [5.41, 5.74) is 8.13. The SMILES string of the molecule is C=C(C)C1=CC(C)=C(NC(C)c2ccc(NC=N)c(C)c2)CC=C1. The van der Waals surface area contributed by atoms with Gasteiger partial charge in [-0.2, -0.15) is 0 Å². The molecule has 1 aromatic rings. The first-order chi connectivity index (χ1) is 11.4. The van der Waals surface area contributed by atoms with Crippen LogP contribution in [0.25, 0.3) is 0 Å². The van der Waals surface area contributed by atoms with Crippen molar-refractivity contribution in [2.75, 3.05) is 5.32 Å². The van der Waals surface area contributed by atoms with Crippen LogP contribution >= 0.6 is 0 Å². The van der Waals surface area contributed by atoms with Gasteiger partial charge in [-0.15, -0.1) is 0 Å². The molecule has 0 radical (unpaired) electrons. The van der Waals surface area contributed by atoms with E-state index < -0.39 is 0 Å². The van der Waals surface area contributed by atoms with Gasteiger partial charge in [0, 0.05) is 23.8 Å². The Morgan fingerprint density at radius 1 is 1.33 bits per heavy atom. The van der Waals surface area contributed by atoms with Crippen LogP contribution in [-0.2, 0) is 0 Å². The zero-order chi connectivity index (χ0) is 17.7.